The second-order valence-corrected chi connectivity index (χ2v) is 6.05. The zero-order valence-corrected chi connectivity index (χ0v) is 14.1. The van der Waals surface area contributed by atoms with Crippen molar-refractivity contribution < 1.29 is 4.79 Å². The van der Waals surface area contributed by atoms with Crippen LogP contribution >= 0.6 is 0 Å². The van der Waals surface area contributed by atoms with Crippen LogP contribution in [0.25, 0.3) is 5.69 Å². The van der Waals surface area contributed by atoms with Gasteiger partial charge in [0.1, 0.15) is 0 Å². The van der Waals surface area contributed by atoms with Gasteiger partial charge >= 0.3 is 0 Å². The van der Waals surface area contributed by atoms with E-state index in [1.54, 1.807) is 4.68 Å². The highest BCUT2D eigenvalue weighted by molar-refractivity contribution is 5.91. The van der Waals surface area contributed by atoms with Gasteiger partial charge in [-0.3, -0.25) is 9.48 Å². The van der Waals surface area contributed by atoms with Gasteiger partial charge < -0.3 is 5.32 Å². The summed E-state index contributed by atoms with van der Waals surface area (Å²) in [4.78, 5) is 12.2. The maximum atomic E-state index is 12.2. The van der Waals surface area contributed by atoms with Crippen molar-refractivity contribution in [1.29, 1.82) is 0 Å². The summed E-state index contributed by atoms with van der Waals surface area (Å²) < 4.78 is 3.61. The molecule has 0 aliphatic rings. The van der Waals surface area contributed by atoms with Crippen LogP contribution in [0.4, 0.5) is 5.82 Å². The number of aryl methyl sites for hydroxylation is 1. The van der Waals surface area contributed by atoms with Crippen LogP contribution in [0.1, 0.15) is 31.1 Å². The molecule has 3 aromatic rings. The molecular formula is C18H21N5O. The number of carbonyl (C=O) groups excluding carboxylic acids is 1. The molecule has 0 unspecified atom stereocenters. The second kappa shape index (κ2) is 6.70. The SMILES string of the molecule is Cc1cn(C(C)C)nc1NC(=O)Cc1ccn(-c2ccccc2)n1. The first kappa shape index (κ1) is 16.0. The summed E-state index contributed by atoms with van der Waals surface area (Å²) in [6.07, 6.45) is 4.01. The number of hydrogen-bond acceptors (Lipinski definition) is 3. The van der Waals surface area contributed by atoms with Crippen molar-refractivity contribution in [1.82, 2.24) is 19.6 Å². The van der Waals surface area contributed by atoms with E-state index in [-0.39, 0.29) is 18.4 Å². The Bertz CT molecular complexity index is 832. The molecule has 2 heterocycles. The van der Waals surface area contributed by atoms with E-state index in [0.717, 1.165) is 16.9 Å². The van der Waals surface area contributed by atoms with Gasteiger partial charge in [-0.15, -0.1) is 0 Å². The number of rotatable bonds is 5. The molecule has 3 rings (SSSR count). The van der Waals surface area contributed by atoms with Crippen LogP contribution in [0.3, 0.4) is 0 Å². The van der Waals surface area contributed by atoms with Crippen LogP contribution in [0.5, 0.6) is 0 Å². The summed E-state index contributed by atoms with van der Waals surface area (Å²) in [7, 11) is 0. The molecular weight excluding hydrogens is 302 g/mol. The zero-order chi connectivity index (χ0) is 17.1. The van der Waals surface area contributed by atoms with E-state index in [2.05, 4.69) is 15.5 Å². The van der Waals surface area contributed by atoms with Crippen molar-refractivity contribution in [3.8, 4) is 5.69 Å². The number of nitrogens with one attached hydrogen (secondary N) is 1. The largest absolute Gasteiger partial charge is 0.309 e. The molecule has 2 aromatic heterocycles. The number of amides is 1. The fourth-order valence-corrected chi connectivity index (χ4v) is 2.39. The fourth-order valence-electron chi connectivity index (χ4n) is 2.39. The van der Waals surface area contributed by atoms with Gasteiger partial charge in [0, 0.05) is 24.0 Å². The van der Waals surface area contributed by atoms with E-state index < -0.39 is 0 Å². The minimum atomic E-state index is -0.120. The first-order chi connectivity index (χ1) is 11.5. The molecule has 1 aromatic carbocycles. The van der Waals surface area contributed by atoms with Gasteiger partial charge in [0.25, 0.3) is 0 Å². The molecule has 124 valence electrons. The monoisotopic (exact) mass is 323 g/mol. The topological polar surface area (TPSA) is 64.7 Å². The maximum absolute atomic E-state index is 12.2. The van der Waals surface area contributed by atoms with Gasteiger partial charge in [-0.2, -0.15) is 10.2 Å². The molecule has 0 aliphatic heterocycles. The van der Waals surface area contributed by atoms with E-state index in [0.29, 0.717) is 5.82 Å². The van der Waals surface area contributed by atoms with Crippen molar-refractivity contribution in [3.63, 3.8) is 0 Å². The Kier molecular flexibility index (Phi) is 4.46. The van der Waals surface area contributed by atoms with Gasteiger partial charge in [-0.25, -0.2) is 4.68 Å². The number of anilines is 1. The van der Waals surface area contributed by atoms with Crippen LogP contribution in [-0.2, 0) is 11.2 Å². The summed E-state index contributed by atoms with van der Waals surface area (Å²) >= 11 is 0. The van der Waals surface area contributed by atoms with E-state index in [1.165, 1.54) is 0 Å². The lowest BCUT2D eigenvalue weighted by molar-refractivity contribution is -0.115. The Morgan fingerprint density at radius 1 is 1.17 bits per heavy atom. The van der Waals surface area contributed by atoms with E-state index in [9.17, 15) is 4.79 Å². The lowest BCUT2D eigenvalue weighted by Gasteiger charge is -2.04. The molecule has 1 N–H and O–H groups in total. The second-order valence-electron chi connectivity index (χ2n) is 6.05. The number of hydrogen-bond donors (Lipinski definition) is 1. The summed E-state index contributed by atoms with van der Waals surface area (Å²) in [6.45, 7) is 6.04. The highest BCUT2D eigenvalue weighted by atomic mass is 16.1. The molecule has 0 saturated heterocycles. The smallest absolute Gasteiger partial charge is 0.231 e. The first-order valence-corrected chi connectivity index (χ1v) is 7.98. The number of para-hydroxylation sites is 1. The quantitative estimate of drug-likeness (QED) is 0.784. The van der Waals surface area contributed by atoms with Gasteiger partial charge in [0.2, 0.25) is 5.91 Å². The molecule has 0 fully saturated rings. The fraction of sp³-hybridized carbons (Fsp3) is 0.278. The van der Waals surface area contributed by atoms with Crippen LogP contribution in [-0.4, -0.2) is 25.5 Å². The third-order valence-electron chi connectivity index (χ3n) is 3.71. The molecule has 0 atom stereocenters. The molecule has 6 heteroatoms. The normalized spacial score (nSPS) is 11.0. The lowest BCUT2D eigenvalue weighted by Crippen LogP contribution is -2.16. The Morgan fingerprint density at radius 2 is 1.92 bits per heavy atom. The van der Waals surface area contributed by atoms with Crippen molar-refractivity contribution in [2.75, 3.05) is 5.32 Å². The average molecular weight is 323 g/mol. The van der Waals surface area contributed by atoms with Crippen LogP contribution < -0.4 is 5.32 Å². The van der Waals surface area contributed by atoms with Gasteiger partial charge in [-0.1, -0.05) is 18.2 Å². The van der Waals surface area contributed by atoms with Crippen LogP contribution in [0.2, 0.25) is 0 Å². The third-order valence-corrected chi connectivity index (χ3v) is 3.71. The lowest BCUT2D eigenvalue weighted by atomic mass is 10.3. The molecule has 0 radical (unpaired) electrons. The predicted molar refractivity (Wildman–Crippen MR) is 93.2 cm³/mol. The van der Waals surface area contributed by atoms with E-state index in [1.807, 2.05) is 74.2 Å². The highest BCUT2D eigenvalue weighted by Crippen LogP contribution is 2.15. The van der Waals surface area contributed by atoms with E-state index >= 15 is 0 Å². The van der Waals surface area contributed by atoms with Crippen molar-refractivity contribution in [3.05, 3.63) is 60.0 Å². The van der Waals surface area contributed by atoms with Crippen LogP contribution in [0.15, 0.2) is 48.8 Å². The maximum Gasteiger partial charge on any atom is 0.231 e. The molecule has 24 heavy (non-hydrogen) atoms. The number of nitrogens with zero attached hydrogens (tertiary/aromatic N) is 4. The van der Waals surface area contributed by atoms with Crippen molar-refractivity contribution >= 4 is 11.7 Å². The summed E-state index contributed by atoms with van der Waals surface area (Å²) in [5, 5.41) is 11.7. The van der Waals surface area contributed by atoms with E-state index in [4.69, 9.17) is 0 Å². The Labute approximate surface area is 141 Å². The Balaban J connectivity index is 1.66. The molecule has 0 bridgehead atoms. The number of aromatic nitrogens is 4. The zero-order valence-electron chi connectivity index (χ0n) is 14.1. The third kappa shape index (κ3) is 3.53. The predicted octanol–water partition coefficient (Wildman–Crippen LogP) is 3.14. The summed E-state index contributed by atoms with van der Waals surface area (Å²) in [6, 6.07) is 11.9. The minimum absolute atomic E-state index is 0.120. The number of carbonyl (C=O) groups is 1. The van der Waals surface area contributed by atoms with Crippen LogP contribution in [0, 0.1) is 6.92 Å². The summed E-state index contributed by atoms with van der Waals surface area (Å²) in [5.74, 6) is 0.488. The molecule has 6 nitrogen and oxygen atoms in total. The van der Waals surface area contributed by atoms with Gasteiger partial charge in [0.15, 0.2) is 5.82 Å². The first-order valence-electron chi connectivity index (χ1n) is 7.98. The molecule has 0 spiro atoms. The Morgan fingerprint density at radius 3 is 2.58 bits per heavy atom. The molecule has 0 saturated carbocycles. The minimum Gasteiger partial charge on any atom is -0.309 e. The summed E-state index contributed by atoms with van der Waals surface area (Å²) in [5.41, 5.74) is 2.64. The van der Waals surface area contributed by atoms with Gasteiger partial charge in [0.05, 0.1) is 17.8 Å². The van der Waals surface area contributed by atoms with Crippen molar-refractivity contribution in [2.45, 2.75) is 33.2 Å². The standard InChI is InChI=1S/C18H21N5O/c1-13(2)23-12-14(3)18(21-23)19-17(24)11-15-9-10-22(20-15)16-7-5-4-6-8-16/h4-10,12-13H,11H2,1-3H3,(H,19,21,24). The molecule has 1 amide bonds. The highest BCUT2D eigenvalue weighted by Gasteiger charge is 2.12. The Hall–Kier alpha value is -2.89. The molecule has 0 aliphatic carbocycles. The van der Waals surface area contributed by atoms with Crippen molar-refractivity contribution in [2.24, 2.45) is 0 Å². The average Bonchev–Trinajstić information content (AvgIpc) is 3.16. The number of benzene rings is 1. The van der Waals surface area contributed by atoms with Gasteiger partial charge in [-0.05, 0) is 39.0 Å².